The van der Waals surface area contributed by atoms with Crippen LogP contribution in [-0.4, -0.2) is 47.5 Å². The van der Waals surface area contributed by atoms with Crippen LogP contribution in [0.4, 0.5) is 16.2 Å². The molecule has 0 atom stereocenters. The molecule has 1 aromatic rings. The maximum Gasteiger partial charge on any atom is 0.319 e. The molecule has 2 rings (SSSR count). The van der Waals surface area contributed by atoms with E-state index in [1.165, 1.54) is 10.6 Å². The Morgan fingerprint density at radius 2 is 2.19 bits per heavy atom. The van der Waals surface area contributed by atoms with Crippen molar-refractivity contribution in [3.63, 3.8) is 0 Å². The number of sulfonamides is 1. The molecule has 0 aliphatic carbocycles. The predicted molar refractivity (Wildman–Crippen MR) is 81.2 cm³/mol. The van der Waals surface area contributed by atoms with Gasteiger partial charge in [-0.25, -0.2) is 13.2 Å². The Balaban J connectivity index is 2.09. The quantitative estimate of drug-likeness (QED) is 0.786. The lowest BCUT2D eigenvalue weighted by atomic mass is 10.1. The van der Waals surface area contributed by atoms with E-state index in [1.54, 1.807) is 19.2 Å². The summed E-state index contributed by atoms with van der Waals surface area (Å²) >= 11 is 0. The lowest BCUT2D eigenvalue weighted by Gasteiger charge is -2.17. The second-order valence-electron chi connectivity index (χ2n) is 4.80. The highest BCUT2D eigenvalue weighted by atomic mass is 32.2. The minimum Gasteiger partial charge on any atom is -0.383 e. The molecule has 21 heavy (non-hydrogen) atoms. The smallest absolute Gasteiger partial charge is 0.319 e. The van der Waals surface area contributed by atoms with Gasteiger partial charge < -0.3 is 15.4 Å². The van der Waals surface area contributed by atoms with E-state index in [1.807, 2.05) is 6.07 Å². The summed E-state index contributed by atoms with van der Waals surface area (Å²) in [7, 11) is -1.73. The lowest BCUT2D eigenvalue weighted by Crippen LogP contribution is -2.31. The monoisotopic (exact) mass is 313 g/mol. The third kappa shape index (κ3) is 3.85. The second kappa shape index (κ2) is 6.31. The Labute approximate surface area is 124 Å². The highest BCUT2D eigenvalue weighted by molar-refractivity contribution is 7.92. The molecular weight excluding hydrogens is 294 g/mol. The number of nitrogens with one attached hydrogen (secondary N) is 2. The molecule has 0 radical (unpaired) electrons. The molecule has 0 spiro atoms. The summed E-state index contributed by atoms with van der Waals surface area (Å²) in [6.07, 6.45) is 1.86. The number of carbonyl (C=O) groups excluding carboxylic acids is 1. The molecule has 1 heterocycles. The third-order valence-corrected chi connectivity index (χ3v) is 4.37. The number of anilines is 2. The maximum atomic E-state index is 11.7. The largest absolute Gasteiger partial charge is 0.383 e. The summed E-state index contributed by atoms with van der Waals surface area (Å²) < 4.78 is 29.6. The molecule has 0 fully saturated rings. The van der Waals surface area contributed by atoms with E-state index in [9.17, 15) is 13.2 Å². The topological polar surface area (TPSA) is 87.7 Å². The molecule has 0 unspecified atom stereocenters. The van der Waals surface area contributed by atoms with Crippen molar-refractivity contribution in [1.29, 1.82) is 0 Å². The van der Waals surface area contributed by atoms with Gasteiger partial charge in [-0.3, -0.25) is 4.31 Å². The number of methoxy groups -OCH3 is 1. The van der Waals surface area contributed by atoms with E-state index < -0.39 is 10.0 Å². The van der Waals surface area contributed by atoms with Crippen molar-refractivity contribution < 1.29 is 17.9 Å². The average Bonchev–Trinajstić information content (AvgIpc) is 2.82. The summed E-state index contributed by atoms with van der Waals surface area (Å²) in [5.41, 5.74) is 2.15. The van der Waals surface area contributed by atoms with Crippen molar-refractivity contribution in [2.45, 2.75) is 6.42 Å². The Bertz CT molecular complexity index is 630. The first kappa shape index (κ1) is 15.6. The van der Waals surface area contributed by atoms with Crippen molar-refractivity contribution in [3.8, 4) is 0 Å². The van der Waals surface area contributed by atoms with Gasteiger partial charge in [0.15, 0.2) is 0 Å². The number of urea groups is 1. The first-order chi connectivity index (χ1) is 9.91. The Morgan fingerprint density at radius 1 is 1.43 bits per heavy atom. The molecular formula is C13H19N3O4S. The van der Waals surface area contributed by atoms with Crippen LogP contribution in [0, 0.1) is 0 Å². The molecule has 1 aliphatic heterocycles. The zero-order valence-electron chi connectivity index (χ0n) is 12.0. The van der Waals surface area contributed by atoms with Gasteiger partial charge in [-0.1, -0.05) is 6.07 Å². The van der Waals surface area contributed by atoms with Gasteiger partial charge in [0.25, 0.3) is 0 Å². The fourth-order valence-corrected chi connectivity index (χ4v) is 3.16. The summed E-state index contributed by atoms with van der Waals surface area (Å²) in [5, 5.41) is 5.31. The lowest BCUT2D eigenvalue weighted by molar-refractivity contribution is 0.198. The van der Waals surface area contributed by atoms with Crippen LogP contribution in [-0.2, 0) is 21.2 Å². The number of rotatable bonds is 5. The highest BCUT2D eigenvalue weighted by Crippen LogP contribution is 2.32. The first-order valence-electron chi connectivity index (χ1n) is 6.56. The zero-order chi connectivity index (χ0) is 15.5. The van der Waals surface area contributed by atoms with E-state index in [0.29, 0.717) is 37.5 Å². The summed E-state index contributed by atoms with van der Waals surface area (Å²) in [6.45, 7) is 1.28. The van der Waals surface area contributed by atoms with Crippen molar-refractivity contribution in [2.75, 3.05) is 42.7 Å². The van der Waals surface area contributed by atoms with E-state index in [2.05, 4.69) is 10.6 Å². The summed E-state index contributed by atoms with van der Waals surface area (Å²) in [6, 6.07) is 4.93. The number of hydrogen-bond acceptors (Lipinski definition) is 4. The third-order valence-electron chi connectivity index (χ3n) is 3.19. The van der Waals surface area contributed by atoms with Crippen LogP contribution < -0.4 is 14.9 Å². The minimum absolute atomic E-state index is 0.351. The molecule has 116 valence electrons. The number of amides is 2. The van der Waals surface area contributed by atoms with Crippen LogP contribution in [0.2, 0.25) is 0 Å². The summed E-state index contributed by atoms with van der Waals surface area (Å²) in [5.74, 6) is 0. The van der Waals surface area contributed by atoms with Gasteiger partial charge in [-0.05, 0) is 24.1 Å². The molecule has 7 nitrogen and oxygen atoms in total. The van der Waals surface area contributed by atoms with Crippen LogP contribution in [0.1, 0.15) is 5.56 Å². The molecule has 0 aromatic heterocycles. The molecule has 0 bridgehead atoms. The number of nitrogens with zero attached hydrogens (tertiary/aromatic N) is 1. The Morgan fingerprint density at radius 3 is 2.86 bits per heavy atom. The van der Waals surface area contributed by atoms with Gasteiger partial charge in [0.1, 0.15) is 0 Å². The minimum atomic E-state index is -3.29. The van der Waals surface area contributed by atoms with Crippen molar-refractivity contribution >= 4 is 27.4 Å². The standard InChI is InChI=1S/C13H19N3O4S/c1-20-8-6-14-13(17)15-11-4-3-10-5-7-16(12(10)9-11)21(2,18)19/h3-4,9H,5-8H2,1-2H3,(H2,14,15,17). The second-order valence-corrected chi connectivity index (χ2v) is 6.71. The maximum absolute atomic E-state index is 11.7. The highest BCUT2D eigenvalue weighted by Gasteiger charge is 2.26. The van der Waals surface area contributed by atoms with Gasteiger partial charge in [0, 0.05) is 25.9 Å². The molecule has 0 saturated heterocycles. The average molecular weight is 313 g/mol. The molecule has 2 N–H and O–H groups in total. The Kier molecular flexibility index (Phi) is 4.69. The van der Waals surface area contributed by atoms with Gasteiger partial charge in [0.2, 0.25) is 10.0 Å². The SMILES string of the molecule is COCCNC(=O)Nc1ccc2c(c1)N(S(C)(=O)=O)CC2. The zero-order valence-corrected chi connectivity index (χ0v) is 12.9. The number of ether oxygens (including phenoxy) is 1. The number of carbonyl (C=O) groups is 1. The fraction of sp³-hybridized carbons (Fsp3) is 0.462. The fourth-order valence-electron chi connectivity index (χ4n) is 2.21. The van der Waals surface area contributed by atoms with Crippen molar-refractivity contribution in [2.24, 2.45) is 0 Å². The van der Waals surface area contributed by atoms with Gasteiger partial charge in [0.05, 0.1) is 18.6 Å². The van der Waals surface area contributed by atoms with Crippen LogP contribution in [0.25, 0.3) is 0 Å². The molecule has 1 aromatic carbocycles. The van der Waals surface area contributed by atoms with E-state index >= 15 is 0 Å². The van der Waals surface area contributed by atoms with Gasteiger partial charge in [-0.2, -0.15) is 0 Å². The normalized spacial score (nSPS) is 13.9. The van der Waals surface area contributed by atoms with E-state index in [-0.39, 0.29) is 6.03 Å². The molecule has 0 saturated carbocycles. The van der Waals surface area contributed by atoms with Gasteiger partial charge >= 0.3 is 6.03 Å². The molecule has 8 heteroatoms. The number of hydrogen-bond donors (Lipinski definition) is 2. The van der Waals surface area contributed by atoms with Crippen LogP contribution in [0.3, 0.4) is 0 Å². The first-order valence-corrected chi connectivity index (χ1v) is 8.41. The molecule has 2 amide bonds. The van der Waals surface area contributed by atoms with Crippen molar-refractivity contribution in [3.05, 3.63) is 23.8 Å². The van der Waals surface area contributed by atoms with E-state index in [0.717, 1.165) is 5.56 Å². The predicted octanol–water partition coefficient (Wildman–Crippen LogP) is 0.777. The van der Waals surface area contributed by atoms with E-state index in [4.69, 9.17) is 4.74 Å². The summed E-state index contributed by atoms with van der Waals surface area (Å²) in [4.78, 5) is 11.7. The number of benzene rings is 1. The van der Waals surface area contributed by atoms with Crippen LogP contribution >= 0.6 is 0 Å². The van der Waals surface area contributed by atoms with Crippen LogP contribution in [0.15, 0.2) is 18.2 Å². The van der Waals surface area contributed by atoms with Crippen LogP contribution in [0.5, 0.6) is 0 Å². The Hall–Kier alpha value is -1.80. The van der Waals surface area contributed by atoms with Crippen molar-refractivity contribution in [1.82, 2.24) is 5.32 Å². The molecule has 1 aliphatic rings. The van der Waals surface area contributed by atoms with Gasteiger partial charge in [-0.15, -0.1) is 0 Å². The number of fused-ring (bicyclic) bond motifs is 1.